The monoisotopic (exact) mass is 342 g/mol. The molecule has 4 heteroatoms. The number of benzene rings is 2. The summed E-state index contributed by atoms with van der Waals surface area (Å²) in [5.41, 5.74) is 10.8. The van der Waals surface area contributed by atoms with Gasteiger partial charge in [-0.1, -0.05) is 30.3 Å². The number of rotatable bonds is 2. The average molecular weight is 343 g/mol. The Hall–Kier alpha value is -2.07. The first-order valence-corrected chi connectivity index (χ1v) is 7.40. The third kappa shape index (κ3) is 2.25. The van der Waals surface area contributed by atoms with Crippen molar-refractivity contribution in [2.24, 2.45) is 0 Å². The summed E-state index contributed by atoms with van der Waals surface area (Å²) in [4.78, 5) is 4.81. The van der Waals surface area contributed by atoms with Gasteiger partial charge in [0.25, 0.3) is 0 Å². The van der Waals surface area contributed by atoms with E-state index >= 15 is 0 Å². The van der Waals surface area contributed by atoms with Crippen molar-refractivity contribution in [3.05, 3.63) is 52.5 Å². The maximum absolute atomic E-state index is 6.36. The van der Waals surface area contributed by atoms with Crippen LogP contribution in [0.4, 0.5) is 5.69 Å². The predicted molar refractivity (Wildman–Crippen MR) is 90.6 cm³/mol. The molecule has 0 unspecified atom stereocenters. The van der Waals surface area contributed by atoms with Gasteiger partial charge in [-0.2, -0.15) is 0 Å². The van der Waals surface area contributed by atoms with Crippen molar-refractivity contribution < 1.29 is 4.74 Å². The first kappa shape index (κ1) is 13.9. The minimum absolute atomic E-state index is 0.706. The molecule has 2 aromatic carbocycles. The van der Waals surface area contributed by atoms with E-state index in [1.165, 1.54) is 0 Å². The van der Waals surface area contributed by atoms with Crippen LogP contribution in [0.5, 0.6) is 5.75 Å². The summed E-state index contributed by atoms with van der Waals surface area (Å²) >= 11 is 3.55. The molecular weight excluding hydrogens is 328 g/mol. The fraction of sp³-hybridized carbons (Fsp3) is 0.118. The standard InChI is InChI=1S/C17H15BrN2O/c1-10-15(19)14-13(21-2)9-8-12(18)17(14)20-16(10)11-6-4-3-5-7-11/h3-9H,1-2H3,(H2,19,20). The predicted octanol–water partition coefficient (Wildman–Crippen LogP) is 4.56. The van der Waals surface area contributed by atoms with Gasteiger partial charge in [-0.25, -0.2) is 4.98 Å². The number of methoxy groups -OCH3 is 1. The van der Waals surface area contributed by atoms with E-state index in [2.05, 4.69) is 15.9 Å². The van der Waals surface area contributed by atoms with Gasteiger partial charge in [-0.05, 0) is 40.5 Å². The second-order valence-electron chi connectivity index (χ2n) is 4.84. The second-order valence-corrected chi connectivity index (χ2v) is 5.69. The van der Waals surface area contributed by atoms with Crippen molar-refractivity contribution in [2.45, 2.75) is 6.92 Å². The number of hydrogen-bond acceptors (Lipinski definition) is 3. The molecule has 3 rings (SSSR count). The molecule has 1 aromatic heterocycles. The Kier molecular flexibility index (Phi) is 3.55. The van der Waals surface area contributed by atoms with Crippen LogP contribution >= 0.6 is 15.9 Å². The van der Waals surface area contributed by atoms with Gasteiger partial charge in [0.2, 0.25) is 0 Å². The number of halogens is 1. The maximum atomic E-state index is 6.36. The topological polar surface area (TPSA) is 48.1 Å². The molecular formula is C17H15BrN2O. The molecule has 0 saturated heterocycles. The summed E-state index contributed by atoms with van der Waals surface area (Å²) in [6, 6.07) is 13.9. The van der Waals surface area contributed by atoms with Crippen LogP contribution in [0.15, 0.2) is 46.9 Å². The van der Waals surface area contributed by atoms with Crippen LogP contribution in [-0.4, -0.2) is 12.1 Å². The fourth-order valence-corrected chi connectivity index (χ4v) is 2.89. The van der Waals surface area contributed by atoms with Crippen LogP contribution in [0, 0.1) is 6.92 Å². The minimum atomic E-state index is 0.706. The highest BCUT2D eigenvalue weighted by atomic mass is 79.9. The molecule has 0 radical (unpaired) electrons. The summed E-state index contributed by atoms with van der Waals surface area (Å²) in [5.74, 6) is 0.737. The lowest BCUT2D eigenvalue weighted by molar-refractivity contribution is 0.420. The molecule has 0 atom stereocenters. The number of nitrogens with two attached hydrogens (primary N) is 1. The summed E-state index contributed by atoms with van der Waals surface area (Å²) in [6.07, 6.45) is 0. The van der Waals surface area contributed by atoms with Crippen LogP contribution < -0.4 is 10.5 Å². The Labute approximate surface area is 131 Å². The summed E-state index contributed by atoms with van der Waals surface area (Å²) in [6.45, 7) is 1.99. The molecule has 3 aromatic rings. The Morgan fingerprint density at radius 3 is 2.48 bits per heavy atom. The Morgan fingerprint density at radius 1 is 1.10 bits per heavy atom. The molecule has 0 amide bonds. The van der Waals surface area contributed by atoms with E-state index in [0.29, 0.717) is 5.69 Å². The zero-order chi connectivity index (χ0) is 15.0. The van der Waals surface area contributed by atoms with Crippen LogP contribution in [-0.2, 0) is 0 Å². The highest BCUT2D eigenvalue weighted by molar-refractivity contribution is 9.10. The molecule has 0 bridgehead atoms. The van der Waals surface area contributed by atoms with Crippen molar-refractivity contribution in [1.29, 1.82) is 0 Å². The number of pyridine rings is 1. The molecule has 0 fully saturated rings. The van der Waals surface area contributed by atoms with Crippen LogP contribution in [0.3, 0.4) is 0 Å². The smallest absolute Gasteiger partial charge is 0.130 e. The molecule has 1 heterocycles. The number of fused-ring (bicyclic) bond motifs is 1. The van der Waals surface area contributed by atoms with Gasteiger partial charge in [0.05, 0.1) is 23.7 Å². The summed E-state index contributed by atoms with van der Waals surface area (Å²) in [7, 11) is 1.64. The molecule has 106 valence electrons. The third-order valence-corrected chi connectivity index (χ3v) is 4.25. The lowest BCUT2D eigenvalue weighted by atomic mass is 10.0. The quantitative estimate of drug-likeness (QED) is 0.742. The van der Waals surface area contributed by atoms with Gasteiger partial charge in [0, 0.05) is 15.7 Å². The zero-order valence-electron chi connectivity index (χ0n) is 11.9. The van der Waals surface area contributed by atoms with E-state index in [1.54, 1.807) is 7.11 Å². The molecule has 0 saturated carbocycles. The Balaban J connectivity index is 2.41. The molecule has 0 aliphatic rings. The van der Waals surface area contributed by atoms with Gasteiger partial charge in [0.15, 0.2) is 0 Å². The fourth-order valence-electron chi connectivity index (χ4n) is 2.47. The summed E-state index contributed by atoms with van der Waals surface area (Å²) in [5, 5.41) is 0.851. The van der Waals surface area contributed by atoms with Gasteiger partial charge >= 0.3 is 0 Å². The van der Waals surface area contributed by atoms with Crippen molar-refractivity contribution in [3.63, 3.8) is 0 Å². The number of aromatic nitrogens is 1. The number of anilines is 1. The molecule has 2 N–H and O–H groups in total. The highest BCUT2D eigenvalue weighted by Crippen LogP contribution is 2.39. The van der Waals surface area contributed by atoms with Crippen LogP contribution in [0.25, 0.3) is 22.2 Å². The lowest BCUT2D eigenvalue weighted by Gasteiger charge is -2.15. The van der Waals surface area contributed by atoms with Gasteiger partial charge in [-0.3, -0.25) is 0 Å². The normalized spacial score (nSPS) is 10.8. The summed E-state index contributed by atoms with van der Waals surface area (Å²) < 4.78 is 6.33. The van der Waals surface area contributed by atoms with E-state index in [9.17, 15) is 0 Å². The van der Waals surface area contributed by atoms with Crippen LogP contribution in [0.1, 0.15) is 5.56 Å². The molecule has 0 spiro atoms. The number of nitrogen functional groups attached to an aromatic ring is 1. The first-order chi connectivity index (χ1) is 10.1. The maximum Gasteiger partial charge on any atom is 0.130 e. The van der Waals surface area contributed by atoms with Crippen molar-refractivity contribution in [2.75, 3.05) is 12.8 Å². The van der Waals surface area contributed by atoms with Crippen molar-refractivity contribution >= 4 is 32.5 Å². The largest absolute Gasteiger partial charge is 0.496 e. The van der Waals surface area contributed by atoms with Gasteiger partial charge in [-0.15, -0.1) is 0 Å². The van der Waals surface area contributed by atoms with E-state index in [4.69, 9.17) is 15.5 Å². The third-order valence-electron chi connectivity index (χ3n) is 3.61. The lowest BCUT2D eigenvalue weighted by Crippen LogP contribution is -2.00. The molecule has 0 aliphatic heterocycles. The SMILES string of the molecule is COc1ccc(Br)c2nc(-c3ccccc3)c(C)c(N)c12. The Morgan fingerprint density at radius 2 is 1.81 bits per heavy atom. The van der Waals surface area contributed by atoms with E-state index in [1.807, 2.05) is 49.4 Å². The van der Waals surface area contributed by atoms with Gasteiger partial charge < -0.3 is 10.5 Å². The molecule has 21 heavy (non-hydrogen) atoms. The first-order valence-electron chi connectivity index (χ1n) is 6.61. The van der Waals surface area contributed by atoms with Crippen molar-refractivity contribution in [3.8, 4) is 17.0 Å². The van der Waals surface area contributed by atoms with E-state index in [-0.39, 0.29) is 0 Å². The zero-order valence-corrected chi connectivity index (χ0v) is 13.4. The highest BCUT2D eigenvalue weighted by Gasteiger charge is 2.16. The number of nitrogens with zero attached hydrogens (tertiary/aromatic N) is 1. The second kappa shape index (κ2) is 5.37. The van der Waals surface area contributed by atoms with E-state index < -0.39 is 0 Å². The van der Waals surface area contributed by atoms with Crippen molar-refractivity contribution in [1.82, 2.24) is 4.98 Å². The average Bonchev–Trinajstić information content (AvgIpc) is 2.52. The van der Waals surface area contributed by atoms with Gasteiger partial charge in [0.1, 0.15) is 5.75 Å². The van der Waals surface area contributed by atoms with E-state index in [0.717, 1.165) is 37.9 Å². The number of hydrogen-bond donors (Lipinski definition) is 1. The molecule has 3 nitrogen and oxygen atoms in total. The number of ether oxygens (including phenoxy) is 1. The van der Waals surface area contributed by atoms with Crippen LogP contribution in [0.2, 0.25) is 0 Å². The molecule has 0 aliphatic carbocycles. The Bertz CT molecular complexity index is 816. The minimum Gasteiger partial charge on any atom is -0.496 e.